The summed E-state index contributed by atoms with van der Waals surface area (Å²) in [5.74, 6) is 0.834. The van der Waals surface area contributed by atoms with Crippen LogP contribution in [-0.4, -0.2) is 21.1 Å². The van der Waals surface area contributed by atoms with E-state index in [-0.39, 0.29) is 0 Å². The van der Waals surface area contributed by atoms with Gasteiger partial charge in [0.25, 0.3) is 0 Å². The molecule has 5 nitrogen and oxygen atoms in total. The lowest BCUT2D eigenvalue weighted by atomic mass is 10.3. The molecule has 0 fully saturated rings. The van der Waals surface area contributed by atoms with Gasteiger partial charge in [0.05, 0.1) is 23.9 Å². The molecule has 2 aromatic rings. The number of rotatable bonds is 7. The van der Waals surface area contributed by atoms with Crippen molar-refractivity contribution in [2.45, 2.75) is 40.5 Å². The molecule has 0 bridgehead atoms. The predicted octanol–water partition coefficient (Wildman–Crippen LogP) is 2.29. The molecular weight excluding hydrogens is 252 g/mol. The van der Waals surface area contributed by atoms with Crippen LogP contribution in [0.2, 0.25) is 0 Å². The second-order valence-electron chi connectivity index (χ2n) is 4.64. The lowest BCUT2D eigenvalue weighted by Gasteiger charge is -2.12. The second-order valence-corrected chi connectivity index (χ2v) is 4.64. The van der Waals surface area contributed by atoms with Gasteiger partial charge in [0.15, 0.2) is 0 Å². The first-order valence-electron chi connectivity index (χ1n) is 7.03. The summed E-state index contributed by atoms with van der Waals surface area (Å²) in [5.41, 5.74) is 3.03. The van der Waals surface area contributed by atoms with E-state index in [9.17, 15) is 0 Å². The number of imidazole rings is 1. The highest BCUT2D eigenvalue weighted by atomic mass is 16.5. The Morgan fingerprint density at radius 1 is 1.30 bits per heavy atom. The first kappa shape index (κ1) is 14.5. The molecule has 5 heteroatoms. The molecule has 0 saturated heterocycles. The highest BCUT2D eigenvalue weighted by Gasteiger charge is 2.07. The maximum Gasteiger partial charge on any atom is 0.142 e. The van der Waals surface area contributed by atoms with Crippen LogP contribution in [0.3, 0.4) is 0 Å². The molecule has 108 valence electrons. The van der Waals surface area contributed by atoms with Crippen molar-refractivity contribution < 1.29 is 4.74 Å². The van der Waals surface area contributed by atoms with E-state index in [0.29, 0.717) is 6.61 Å². The number of nitrogens with one attached hydrogen (secondary N) is 1. The summed E-state index contributed by atoms with van der Waals surface area (Å²) in [6.45, 7) is 9.21. The third-order valence-electron chi connectivity index (χ3n) is 3.13. The van der Waals surface area contributed by atoms with E-state index < -0.39 is 0 Å². The average molecular weight is 274 g/mol. The van der Waals surface area contributed by atoms with E-state index in [1.807, 2.05) is 31.6 Å². The van der Waals surface area contributed by atoms with E-state index in [4.69, 9.17) is 4.74 Å². The molecular formula is C15H22N4O. The van der Waals surface area contributed by atoms with E-state index in [1.54, 1.807) is 0 Å². The van der Waals surface area contributed by atoms with Crippen molar-refractivity contribution in [3.8, 4) is 5.75 Å². The highest BCUT2D eigenvalue weighted by molar-refractivity contribution is 5.29. The predicted molar refractivity (Wildman–Crippen MR) is 78.6 cm³/mol. The normalized spacial score (nSPS) is 10.8. The summed E-state index contributed by atoms with van der Waals surface area (Å²) in [6.07, 6.45) is 3.67. The van der Waals surface area contributed by atoms with Crippen molar-refractivity contribution >= 4 is 0 Å². The zero-order valence-electron chi connectivity index (χ0n) is 12.4. The van der Waals surface area contributed by atoms with Gasteiger partial charge in [-0.1, -0.05) is 6.92 Å². The smallest absolute Gasteiger partial charge is 0.142 e. The molecule has 0 unspecified atom stereocenters. The lowest BCUT2D eigenvalue weighted by molar-refractivity contribution is 0.290. The molecule has 0 aromatic carbocycles. The minimum absolute atomic E-state index is 0.512. The Bertz CT molecular complexity index is 551. The average Bonchev–Trinajstić information content (AvgIpc) is 2.91. The van der Waals surface area contributed by atoms with Crippen LogP contribution in [0.4, 0.5) is 0 Å². The Balaban J connectivity index is 2.08. The van der Waals surface area contributed by atoms with Crippen molar-refractivity contribution in [3.05, 3.63) is 41.7 Å². The van der Waals surface area contributed by atoms with Gasteiger partial charge in [0.2, 0.25) is 0 Å². The summed E-state index contributed by atoms with van der Waals surface area (Å²) in [5, 5.41) is 3.29. The zero-order valence-corrected chi connectivity index (χ0v) is 12.4. The third kappa shape index (κ3) is 3.57. The number of aryl methyl sites for hydroxylation is 2. The topological polar surface area (TPSA) is 52.0 Å². The van der Waals surface area contributed by atoms with Crippen LogP contribution in [0.1, 0.15) is 30.9 Å². The van der Waals surface area contributed by atoms with Crippen LogP contribution >= 0.6 is 0 Å². The second kappa shape index (κ2) is 7.05. The lowest BCUT2D eigenvalue weighted by Crippen LogP contribution is -2.15. The maximum absolute atomic E-state index is 5.91. The van der Waals surface area contributed by atoms with E-state index in [1.165, 1.54) is 0 Å². The van der Waals surface area contributed by atoms with Gasteiger partial charge in [-0.05, 0) is 32.5 Å². The third-order valence-corrected chi connectivity index (χ3v) is 3.13. The van der Waals surface area contributed by atoms with E-state index in [0.717, 1.165) is 42.5 Å². The molecule has 0 aliphatic rings. The Morgan fingerprint density at radius 3 is 2.90 bits per heavy atom. The fraction of sp³-hybridized carbons (Fsp3) is 0.467. The van der Waals surface area contributed by atoms with Crippen molar-refractivity contribution in [3.63, 3.8) is 0 Å². The summed E-state index contributed by atoms with van der Waals surface area (Å²) >= 11 is 0. The van der Waals surface area contributed by atoms with Gasteiger partial charge in [-0.15, -0.1) is 0 Å². The van der Waals surface area contributed by atoms with Crippen LogP contribution in [0.25, 0.3) is 0 Å². The van der Waals surface area contributed by atoms with Crippen LogP contribution in [0, 0.1) is 6.92 Å². The fourth-order valence-corrected chi connectivity index (χ4v) is 2.00. The molecule has 1 N–H and O–H groups in total. The summed E-state index contributed by atoms with van der Waals surface area (Å²) in [6, 6.07) is 3.96. The van der Waals surface area contributed by atoms with Gasteiger partial charge in [0.1, 0.15) is 12.4 Å². The van der Waals surface area contributed by atoms with Crippen molar-refractivity contribution in [2.24, 2.45) is 0 Å². The molecule has 2 heterocycles. The molecule has 2 rings (SSSR count). The quantitative estimate of drug-likeness (QED) is 0.841. The van der Waals surface area contributed by atoms with E-state index in [2.05, 4.69) is 33.7 Å². The SMILES string of the molecule is CCNCc1nc(C)ccc1OCc1cncn1CC. The number of pyridine rings is 1. The Hall–Kier alpha value is -1.88. The zero-order chi connectivity index (χ0) is 14.4. The molecule has 0 amide bonds. The van der Waals surface area contributed by atoms with Crippen LogP contribution in [0.5, 0.6) is 5.75 Å². The Labute approximate surface area is 120 Å². The molecule has 0 radical (unpaired) electrons. The number of ether oxygens (including phenoxy) is 1. The van der Waals surface area contributed by atoms with Gasteiger partial charge in [-0.2, -0.15) is 0 Å². The molecule has 0 aliphatic carbocycles. The Morgan fingerprint density at radius 2 is 2.15 bits per heavy atom. The summed E-state index contributed by atoms with van der Waals surface area (Å²) in [7, 11) is 0. The van der Waals surface area contributed by atoms with Crippen molar-refractivity contribution in [1.29, 1.82) is 0 Å². The van der Waals surface area contributed by atoms with Gasteiger partial charge in [-0.25, -0.2) is 4.98 Å². The van der Waals surface area contributed by atoms with Crippen molar-refractivity contribution in [2.75, 3.05) is 6.54 Å². The van der Waals surface area contributed by atoms with Gasteiger partial charge < -0.3 is 14.6 Å². The van der Waals surface area contributed by atoms with Crippen LogP contribution in [0.15, 0.2) is 24.7 Å². The van der Waals surface area contributed by atoms with Crippen molar-refractivity contribution in [1.82, 2.24) is 19.9 Å². The van der Waals surface area contributed by atoms with Gasteiger partial charge >= 0.3 is 0 Å². The Kier molecular flexibility index (Phi) is 5.12. The molecule has 0 atom stereocenters. The number of aromatic nitrogens is 3. The van der Waals surface area contributed by atoms with Crippen LogP contribution in [-0.2, 0) is 19.7 Å². The molecule has 20 heavy (non-hydrogen) atoms. The highest BCUT2D eigenvalue weighted by Crippen LogP contribution is 2.18. The summed E-state index contributed by atoms with van der Waals surface area (Å²) in [4.78, 5) is 8.69. The summed E-state index contributed by atoms with van der Waals surface area (Å²) < 4.78 is 7.99. The number of nitrogens with zero attached hydrogens (tertiary/aromatic N) is 3. The minimum atomic E-state index is 0.512. The van der Waals surface area contributed by atoms with Gasteiger partial charge in [0, 0.05) is 18.8 Å². The maximum atomic E-state index is 5.91. The molecule has 2 aromatic heterocycles. The largest absolute Gasteiger partial charge is 0.485 e. The standard InChI is InChI=1S/C15H22N4O/c1-4-16-9-14-15(7-6-12(3)18-14)20-10-13-8-17-11-19(13)5-2/h6-8,11,16H,4-5,9-10H2,1-3H3. The minimum Gasteiger partial charge on any atom is -0.485 e. The first-order chi connectivity index (χ1) is 9.74. The van der Waals surface area contributed by atoms with Crippen LogP contribution < -0.4 is 10.1 Å². The first-order valence-corrected chi connectivity index (χ1v) is 7.03. The van der Waals surface area contributed by atoms with Gasteiger partial charge in [-0.3, -0.25) is 4.98 Å². The molecule has 0 aliphatic heterocycles. The fourth-order valence-electron chi connectivity index (χ4n) is 2.00. The van der Waals surface area contributed by atoms with E-state index >= 15 is 0 Å². The number of hydrogen-bond acceptors (Lipinski definition) is 4. The monoisotopic (exact) mass is 274 g/mol. The molecule has 0 saturated carbocycles. The number of hydrogen-bond donors (Lipinski definition) is 1. The molecule has 0 spiro atoms.